The van der Waals surface area contributed by atoms with Gasteiger partial charge in [-0.15, -0.1) is 0 Å². The molecule has 5 nitrogen and oxygen atoms in total. The molecule has 2 unspecified atom stereocenters. The summed E-state index contributed by atoms with van der Waals surface area (Å²) in [5.41, 5.74) is 2.36. The zero-order chi connectivity index (χ0) is 16.9. The van der Waals surface area contributed by atoms with E-state index in [9.17, 15) is 5.11 Å². The lowest BCUT2D eigenvalue weighted by molar-refractivity contribution is 0.112. The lowest BCUT2D eigenvalue weighted by Crippen LogP contribution is -2.37. The van der Waals surface area contributed by atoms with Crippen LogP contribution < -0.4 is 0 Å². The molecule has 1 saturated heterocycles. The molecule has 0 bridgehead atoms. The molecule has 1 aromatic heterocycles. The molecule has 0 radical (unpaired) electrons. The van der Waals surface area contributed by atoms with Crippen molar-refractivity contribution in [3.05, 3.63) is 53.9 Å². The molecular formula is C18H24N4OS. The van der Waals surface area contributed by atoms with E-state index < -0.39 is 0 Å². The average molecular weight is 344 g/mol. The van der Waals surface area contributed by atoms with Gasteiger partial charge in [-0.25, -0.2) is 9.97 Å². The summed E-state index contributed by atoms with van der Waals surface area (Å²) >= 11 is 1.65. The van der Waals surface area contributed by atoms with E-state index in [4.69, 9.17) is 0 Å². The van der Waals surface area contributed by atoms with Crippen molar-refractivity contribution in [1.29, 1.82) is 0 Å². The molecule has 0 amide bonds. The Morgan fingerprint density at radius 3 is 2.46 bits per heavy atom. The highest BCUT2D eigenvalue weighted by Gasteiger charge is 2.32. The molecule has 2 aromatic rings. The van der Waals surface area contributed by atoms with Gasteiger partial charge in [-0.05, 0) is 19.7 Å². The molecule has 1 aromatic carbocycles. The van der Waals surface area contributed by atoms with E-state index in [1.54, 1.807) is 11.8 Å². The molecule has 1 aliphatic heterocycles. The second-order valence-electron chi connectivity index (χ2n) is 6.44. The first-order chi connectivity index (χ1) is 11.6. The minimum absolute atomic E-state index is 0.201. The number of nitrogens with zero attached hydrogens (tertiary/aromatic N) is 4. The normalized spacial score (nSPS) is 21.5. The second kappa shape index (κ2) is 8.07. The predicted octanol–water partition coefficient (Wildman–Crippen LogP) is 1.88. The van der Waals surface area contributed by atoms with Crippen molar-refractivity contribution >= 4 is 11.8 Å². The standard InChI is InChI=1S/C18H24N4OS/c1-21(2)16-11-22(12-17(16)23)10-15-8-19-18(20-9-15)24-13-14-6-4-3-5-7-14/h3-9,16-17,23H,10-13H2,1-2H3. The van der Waals surface area contributed by atoms with Gasteiger partial charge in [0.2, 0.25) is 0 Å². The lowest BCUT2D eigenvalue weighted by Gasteiger charge is -2.21. The Morgan fingerprint density at radius 1 is 1.12 bits per heavy atom. The Kier molecular flexibility index (Phi) is 5.84. The first-order valence-corrected chi connectivity index (χ1v) is 9.15. The van der Waals surface area contributed by atoms with Crippen LogP contribution in [0.25, 0.3) is 0 Å². The fourth-order valence-electron chi connectivity index (χ4n) is 2.96. The molecule has 1 aliphatic rings. The van der Waals surface area contributed by atoms with Gasteiger partial charge in [0.15, 0.2) is 5.16 Å². The minimum atomic E-state index is -0.290. The van der Waals surface area contributed by atoms with Crippen LogP contribution in [0.15, 0.2) is 47.9 Å². The molecule has 128 valence electrons. The van der Waals surface area contributed by atoms with Gasteiger partial charge < -0.3 is 10.0 Å². The first-order valence-electron chi connectivity index (χ1n) is 8.16. The third-order valence-electron chi connectivity index (χ3n) is 4.30. The number of aliphatic hydroxyl groups excluding tert-OH is 1. The van der Waals surface area contributed by atoms with Crippen LogP contribution in [0.4, 0.5) is 0 Å². The molecule has 0 saturated carbocycles. The molecule has 0 aliphatic carbocycles. The quantitative estimate of drug-likeness (QED) is 0.638. The maximum absolute atomic E-state index is 10.1. The number of likely N-dealkylation sites (N-methyl/N-ethyl adjacent to an activating group) is 1. The van der Waals surface area contributed by atoms with Gasteiger partial charge in [0.05, 0.1) is 6.10 Å². The van der Waals surface area contributed by atoms with Crippen LogP contribution in [0, 0.1) is 0 Å². The van der Waals surface area contributed by atoms with E-state index in [0.717, 1.165) is 29.6 Å². The molecule has 0 spiro atoms. The van der Waals surface area contributed by atoms with Gasteiger partial charge in [-0.1, -0.05) is 42.1 Å². The molecule has 2 heterocycles. The lowest BCUT2D eigenvalue weighted by atomic mass is 10.2. The SMILES string of the molecule is CN(C)C1CN(Cc2cnc(SCc3ccccc3)nc2)CC1O. The first kappa shape index (κ1) is 17.4. The number of thioether (sulfide) groups is 1. The number of aromatic nitrogens is 2. The summed E-state index contributed by atoms with van der Waals surface area (Å²) in [6.07, 6.45) is 3.51. The van der Waals surface area contributed by atoms with E-state index >= 15 is 0 Å². The molecule has 1 N–H and O–H groups in total. The second-order valence-corrected chi connectivity index (χ2v) is 7.38. The molecule has 3 rings (SSSR count). The summed E-state index contributed by atoms with van der Waals surface area (Å²) in [5.74, 6) is 0.878. The van der Waals surface area contributed by atoms with Crippen LogP contribution >= 0.6 is 11.8 Å². The van der Waals surface area contributed by atoms with E-state index in [1.165, 1.54) is 5.56 Å². The smallest absolute Gasteiger partial charge is 0.187 e. The number of likely N-dealkylation sites (tertiary alicyclic amines) is 1. The van der Waals surface area contributed by atoms with E-state index in [1.807, 2.05) is 44.7 Å². The van der Waals surface area contributed by atoms with Crippen molar-refractivity contribution in [3.8, 4) is 0 Å². The Labute approximate surface area is 147 Å². The van der Waals surface area contributed by atoms with Crippen LogP contribution in [0.3, 0.4) is 0 Å². The highest BCUT2D eigenvalue weighted by atomic mass is 32.2. The highest BCUT2D eigenvalue weighted by molar-refractivity contribution is 7.98. The third-order valence-corrected chi connectivity index (χ3v) is 5.24. The summed E-state index contributed by atoms with van der Waals surface area (Å²) in [6, 6.07) is 10.5. The van der Waals surface area contributed by atoms with Crippen molar-refractivity contribution in [2.45, 2.75) is 29.6 Å². The van der Waals surface area contributed by atoms with Crippen molar-refractivity contribution in [3.63, 3.8) is 0 Å². The number of hydrogen-bond acceptors (Lipinski definition) is 6. The Bertz CT molecular complexity index is 635. The number of benzene rings is 1. The van der Waals surface area contributed by atoms with Gasteiger partial charge in [-0.3, -0.25) is 4.90 Å². The monoisotopic (exact) mass is 344 g/mol. The summed E-state index contributed by atoms with van der Waals surface area (Å²) < 4.78 is 0. The number of rotatable bonds is 6. The summed E-state index contributed by atoms with van der Waals surface area (Å²) in [4.78, 5) is 13.3. The molecule has 24 heavy (non-hydrogen) atoms. The molecule has 1 fully saturated rings. The van der Waals surface area contributed by atoms with Gasteiger partial charge >= 0.3 is 0 Å². The Morgan fingerprint density at radius 2 is 1.83 bits per heavy atom. The van der Waals surface area contributed by atoms with Gasteiger partial charge in [-0.2, -0.15) is 0 Å². The van der Waals surface area contributed by atoms with Crippen LogP contribution in [0.5, 0.6) is 0 Å². The molecule has 2 atom stereocenters. The largest absolute Gasteiger partial charge is 0.390 e. The maximum Gasteiger partial charge on any atom is 0.187 e. The summed E-state index contributed by atoms with van der Waals surface area (Å²) in [6.45, 7) is 2.36. The van der Waals surface area contributed by atoms with Gasteiger partial charge in [0, 0.05) is 49.4 Å². The topological polar surface area (TPSA) is 52.5 Å². The predicted molar refractivity (Wildman–Crippen MR) is 96.8 cm³/mol. The number of aliphatic hydroxyl groups is 1. The minimum Gasteiger partial charge on any atom is -0.390 e. The van der Waals surface area contributed by atoms with Gasteiger partial charge in [0.1, 0.15) is 0 Å². The third kappa shape index (κ3) is 4.54. The van der Waals surface area contributed by atoms with Gasteiger partial charge in [0.25, 0.3) is 0 Å². The van der Waals surface area contributed by atoms with E-state index in [-0.39, 0.29) is 12.1 Å². The van der Waals surface area contributed by atoms with E-state index in [2.05, 4.69) is 31.9 Å². The van der Waals surface area contributed by atoms with Crippen molar-refractivity contribution in [2.24, 2.45) is 0 Å². The number of hydrogen-bond donors (Lipinski definition) is 1. The summed E-state index contributed by atoms with van der Waals surface area (Å²) in [5, 5.41) is 10.9. The van der Waals surface area contributed by atoms with Crippen LogP contribution in [0.1, 0.15) is 11.1 Å². The van der Waals surface area contributed by atoms with Crippen LogP contribution in [-0.4, -0.2) is 64.2 Å². The maximum atomic E-state index is 10.1. The fourth-order valence-corrected chi connectivity index (χ4v) is 3.71. The zero-order valence-electron chi connectivity index (χ0n) is 14.2. The Hall–Kier alpha value is -1.47. The summed E-state index contributed by atoms with van der Waals surface area (Å²) in [7, 11) is 4.03. The fraction of sp³-hybridized carbons (Fsp3) is 0.444. The van der Waals surface area contributed by atoms with Crippen LogP contribution in [0.2, 0.25) is 0 Å². The zero-order valence-corrected chi connectivity index (χ0v) is 15.0. The van der Waals surface area contributed by atoms with Crippen molar-refractivity contribution in [2.75, 3.05) is 27.2 Å². The van der Waals surface area contributed by atoms with E-state index in [0.29, 0.717) is 6.54 Å². The van der Waals surface area contributed by atoms with Crippen molar-refractivity contribution in [1.82, 2.24) is 19.8 Å². The van der Waals surface area contributed by atoms with Crippen molar-refractivity contribution < 1.29 is 5.11 Å². The average Bonchev–Trinajstić information content (AvgIpc) is 2.96. The number of β-amino-alcohol motifs (C(OH)–C–C–N with tert-alkyl or cyclic N) is 1. The molecule has 6 heteroatoms. The molecular weight excluding hydrogens is 320 g/mol. The van der Waals surface area contributed by atoms with Crippen LogP contribution in [-0.2, 0) is 12.3 Å². The Balaban J connectivity index is 1.52. The highest BCUT2D eigenvalue weighted by Crippen LogP contribution is 2.20.